The second kappa shape index (κ2) is 9.23. The van der Waals surface area contributed by atoms with Gasteiger partial charge in [0.05, 0.1) is 5.56 Å². The highest BCUT2D eigenvalue weighted by Crippen LogP contribution is 2.46. The molecule has 0 amide bonds. The first-order chi connectivity index (χ1) is 18.1. The maximum absolute atomic E-state index is 2.48. The van der Waals surface area contributed by atoms with Gasteiger partial charge in [0.1, 0.15) is 7.05 Å². The van der Waals surface area contributed by atoms with Gasteiger partial charge in [-0.05, 0) is 127 Å². The number of rotatable bonds is 3. The minimum Gasteiger partial charge on any atom is -0.201 e. The molecule has 38 heavy (non-hydrogen) atoms. The Labute approximate surface area is 229 Å². The summed E-state index contributed by atoms with van der Waals surface area (Å²) in [4.78, 5) is 0. The van der Waals surface area contributed by atoms with Crippen LogP contribution in [0.4, 0.5) is 0 Å². The van der Waals surface area contributed by atoms with Crippen molar-refractivity contribution in [1.29, 1.82) is 0 Å². The summed E-state index contributed by atoms with van der Waals surface area (Å²) >= 11 is 0. The molecule has 2 aliphatic rings. The molecule has 1 heterocycles. The van der Waals surface area contributed by atoms with Crippen LogP contribution in [0.15, 0.2) is 60.8 Å². The molecule has 1 nitrogen and oxygen atoms in total. The second-order valence-corrected chi connectivity index (χ2v) is 13.0. The molecule has 4 aromatic rings. The largest absolute Gasteiger partial charge is 0.213 e. The molecule has 0 aliphatic heterocycles. The van der Waals surface area contributed by atoms with E-state index >= 15 is 0 Å². The number of hydrogen-bond acceptors (Lipinski definition) is 0. The fourth-order valence-electron chi connectivity index (χ4n) is 7.38. The van der Waals surface area contributed by atoms with Crippen LogP contribution in [0.2, 0.25) is 0 Å². The number of benzene rings is 3. The van der Waals surface area contributed by atoms with Crippen LogP contribution in [-0.2, 0) is 13.5 Å². The maximum Gasteiger partial charge on any atom is 0.213 e. The molecule has 1 heteroatoms. The lowest BCUT2D eigenvalue weighted by atomic mass is 9.71. The third kappa shape index (κ3) is 4.21. The summed E-state index contributed by atoms with van der Waals surface area (Å²) in [6.45, 7) is 14.0. The molecule has 0 unspecified atom stereocenters. The van der Waals surface area contributed by atoms with E-state index in [0.717, 1.165) is 6.42 Å². The van der Waals surface area contributed by atoms with Crippen LogP contribution >= 0.6 is 0 Å². The average molecular weight is 501 g/mol. The van der Waals surface area contributed by atoms with Gasteiger partial charge in [0.25, 0.3) is 0 Å². The Bertz CT molecular complexity index is 1560. The summed E-state index contributed by atoms with van der Waals surface area (Å²) in [5, 5.41) is 0. The number of pyridine rings is 1. The molecule has 0 atom stereocenters. The molecule has 2 aliphatic carbocycles. The predicted molar refractivity (Wildman–Crippen MR) is 161 cm³/mol. The number of nitrogens with zero attached hydrogens (tertiary/aromatic N) is 1. The van der Waals surface area contributed by atoms with Gasteiger partial charge in [0.15, 0.2) is 6.20 Å². The lowest BCUT2D eigenvalue weighted by Gasteiger charge is -2.34. The van der Waals surface area contributed by atoms with Crippen LogP contribution < -0.4 is 4.57 Å². The Kier molecular flexibility index (Phi) is 6.10. The standard InChI is InChI=1S/C37H42N/c1-23-19-28(27-14-16-37(5,6)17-15-27)12-13-30(23)32-21-34(38(7)22-26(32)4)36-25(3)18-24(2)35-31-11-9-8-10-29(31)20-33(35)36/h8-13,18-19,21-22,27H,14-17,20H2,1-7H3/q+1. The van der Waals surface area contributed by atoms with Gasteiger partial charge in [-0.15, -0.1) is 0 Å². The van der Waals surface area contributed by atoms with Crippen molar-refractivity contribution in [2.75, 3.05) is 0 Å². The van der Waals surface area contributed by atoms with Gasteiger partial charge in [-0.3, -0.25) is 0 Å². The third-order valence-corrected chi connectivity index (χ3v) is 9.56. The SMILES string of the molecule is Cc1cc(C2CCC(C)(C)CC2)ccc1-c1cc(-c2c(C)cc(C)c3c2Cc2ccccc2-3)[n+](C)cc1C. The first-order valence-electron chi connectivity index (χ1n) is 14.5. The fraction of sp³-hybridized carbons (Fsp3) is 0.378. The summed E-state index contributed by atoms with van der Waals surface area (Å²) in [5.41, 5.74) is 18.8. The molecule has 0 spiro atoms. The molecule has 0 saturated heterocycles. The van der Waals surface area contributed by atoms with Gasteiger partial charge < -0.3 is 0 Å². The van der Waals surface area contributed by atoms with Gasteiger partial charge in [0.2, 0.25) is 5.69 Å². The highest BCUT2D eigenvalue weighted by molar-refractivity contribution is 5.88. The van der Waals surface area contributed by atoms with Crippen molar-refractivity contribution in [2.24, 2.45) is 12.5 Å². The predicted octanol–water partition coefficient (Wildman–Crippen LogP) is 9.33. The molecule has 194 valence electrons. The maximum atomic E-state index is 2.48. The van der Waals surface area contributed by atoms with Crippen LogP contribution in [0, 0.1) is 33.1 Å². The Morgan fingerprint density at radius 1 is 0.711 bits per heavy atom. The first kappa shape index (κ1) is 25.1. The number of aryl methyl sites for hydroxylation is 5. The van der Waals surface area contributed by atoms with E-state index in [1.807, 2.05) is 0 Å². The minimum atomic E-state index is 0.508. The lowest BCUT2D eigenvalue weighted by Crippen LogP contribution is -2.32. The van der Waals surface area contributed by atoms with Crippen LogP contribution in [0.3, 0.4) is 0 Å². The quantitative estimate of drug-likeness (QED) is 0.217. The van der Waals surface area contributed by atoms with Gasteiger partial charge in [-0.25, -0.2) is 4.57 Å². The second-order valence-electron chi connectivity index (χ2n) is 13.0. The number of fused-ring (bicyclic) bond motifs is 3. The van der Waals surface area contributed by atoms with E-state index in [-0.39, 0.29) is 0 Å². The third-order valence-electron chi connectivity index (χ3n) is 9.56. The molecule has 6 rings (SSSR count). The van der Waals surface area contributed by atoms with Gasteiger partial charge in [-0.2, -0.15) is 0 Å². The first-order valence-corrected chi connectivity index (χ1v) is 14.5. The smallest absolute Gasteiger partial charge is 0.201 e. The summed E-state index contributed by atoms with van der Waals surface area (Å²) in [6, 6.07) is 21.1. The molecule has 0 bridgehead atoms. The Balaban J connectivity index is 1.43. The van der Waals surface area contributed by atoms with E-state index in [4.69, 9.17) is 0 Å². The molecule has 1 saturated carbocycles. The molecule has 0 N–H and O–H groups in total. The summed E-state index contributed by atoms with van der Waals surface area (Å²) in [6.07, 6.45) is 8.64. The van der Waals surface area contributed by atoms with Crippen molar-refractivity contribution in [3.05, 3.63) is 99.7 Å². The summed E-state index contributed by atoms with van der Waals surface area (Å²) < 4.78 is 2.34. The van der Waals surface area contributed by atoms with Crippen LogP contribution in [0.25, 0.3) is 33.5 Å². The molecule has 1 aromatic heterocycles. The Morgan fingerprint density at radius 3 is 2.16 bits per heavy atom. The van der Waals surface area contributed by atoms with Gasteiger partial charge in [0, 0.05) is 11.6 Å². The summed E-state index contributed by atoms with van der Waals surface area (Å²) in [5.74, 6) is 0.709. The molecule has 1 fully saturated rings. The van der Waals surface area contributed by atoms with E-state index in [1.165, 1.54) is 98.1 Å². The zero-order chi connectivity index (χ0) is 26.8. The topological polar surface area (TPSA) is 3.88 Å². The van der Waals surface area contributed by atoms with Crippen molar-refractivity contribution in [1.82, 2.24) is 0 Å². The van der Waals surface area contributed by atoms with Gasteiger partial charge >= 0.3 is 0 Å². The molecule has 0 radical (unpaired) electrons. The van der Waals surface area contributed by atoms with Crippen molar-refractivity contribution in [3.63, 3.8) is 0 Å². The van der Waals surface area contributed by atoms with E-state index in [0.29, 0.717) is 11.3 Å². The minimum absolute atomic E-state index is 0.508. The van der Waals surface area contributed by atoms with Crippen LogP contribution in [0.1, 0.15) is 84.4 Å². The fourth-order valence-corrected chi connectivity index (χ4v) is 7.38. The van der Waals surface area contributed by atoms with Crippen LogP contribution in [-0.4, -0.2) is 0 Å². The molecular formula is C37H42N+. The number of hydrogen-bond donors (Lipinski definition) is 0. The Morgan fingerprint density at radius 2 is 1.42 bits per heavy atom. The zero-order valence-electron chi connectivity index (χ0n) is 24.3. The van der Waals surface area contributed by atoms with Crippen molar-refractivity contribution >= 4 is 0 Å². The van der Waals surface area contributed by atoms with E-state index in [9.17, 15) is 0 Å². The lowest BCUT2D eigenvalue weighted by molar-refractivity contribution is -0.660. The van der Waals surface area contributed by atoms with Crippen molar-refractivity contribution < 1.29 is 4.57 Å². The van der Waals surface area contributed by atoms with Crippen molar-refractivity contribution in [3.8, 4) is 33.5 Å². The van der Waals surface area contributed by atoms with E-state index < -0.39 is 0 Å². The van der Waals surface area contributed by atoms with Gasteiger partial charge in [-0.1, -0.05) is 62.4 Å². The average Bonchev–Trinajstić information content (AvgIpc) is 3.25. The van der Waals surface area contributed by atoms with E-state index in [2.05, 4.69) is 114 Å². The van der Waals surface area contributed by atoms with Crippen molar-refractivity contribution in [2.45, 2.75) is 79.6 Å². The highest BCUT2D eigenvalue weighted by Gasteiger charge is 2.30. The van der Waals surface area contributed by atoms with Crippen LogP contribution in [0.5, 0.6) is 0 Å². The molecular weight excluding hydrogens is 458 g/mol. The monoisotopic (exact) mass is 500 g/mol. The summed E-state index contributed by atoms with van der Waals surface area (Å²) in [7, 11) is 2.21. The Hall–Kier alpha value is -3.19. The molecule has 3 aromatic carbocycles. The normalized spacial score (nSPS) is 16.4. The highest BCUT2D eigenvalue weighted by atomic mass is 14.9. The number of aromatic nitrogens is 1. The van der Waals surface area contributed by atoms with E-state index in [1.54, 1.807) is 0 Å². The zero-order valence-corrected chi connectivity index (χ0v) is 24.3.